The van der Waals surface area contributed by atoms with Crippen LogP contribution in [0.3, 0.4) is 0 Å². The van der Waals surface area contributed by atoms with Crippen LogP contribution in [-0.2, 0) is 0 Å². The zero-order valence-electron chi connectivity index (χ0n) is 6.12. The molecule has 0 fully saturated rings. The summed E-state index contributed by atoms with van der Waals surface area (Å²) in [4.78, 5) is 0. The Balaban J connectivity index is 3.05. The first kappa shape index (κ1) is 7.47. The second kappa shape index (κ2) is 2.96. The number of anilines is 2. The van der Waals surface area contributed by atoms with Crippen LogP contribution < -0.4 is 17.2 Å². The third kappa shape index (κ3) is 1.64. The molecule has 0 bridgehead atoms. The van der Waals surface area contributed by atoms with E-state index in [2.05, 4.69) is 0 Å². The highest BCUT2D eigenvalue weighted by atomic mass is 14.7. The molecule has 0 aliphatic rings. The van der Waals surface area contributed by atoms with Gasteiger partial charge in [-0.2, -0.15) is 0 Å². The summed E-state index contributed by atoms with van der Waals surface area (Å²) in [7, 11) is 0. The first-order valence-electron chi connectivity index (χ1n) is 3.27. The predicted octanol–water partition coefficient (Wildman–Crippen LogP) is 0.780. The van der Waals surface area contributed by atoms with Crippen molar-refractivity contribution in [2.24, 2.45) is 5.73 Å². The topological polar surface area (TPSA) is 78.1 Å². The first-order chi connectivity index (χ1) is 5.24. The summed E-state index contributed by atoms with van der Waals surface area (Å²) in [6.07, 6.45) is 3.22. The number of nitrogen functional groups attached to an aromatic ring is 2. The van der Waals surface area contributed by atoms with Crippen LogP contribution in [0.5, 0.6) is 0 Å². The van der Waals surface area contributed by atoms with Gasteiger partial charge in [0.1, 0.15) is 0 Å². The van der Waals surface area contributed by atoms with E-state index in [0.717, 1.165) is 5.56 Å². The van der Waals surface area contributed by atoms with Crippen molar-refractivity contribution < 1.29 is 0 Å². The van der Waals surface area contributed by atoms with Crippen molar-refractivity contribution in [2.45, 2.75) is 0 Å². The standard InChI is InChI=1S/C8H11N3/c9-4-3-6-1-2-7(10)8(11)5-6/h1-5H,9-11H2. The quantitative estimate of drug-likeness (QED) is 0.516. The maximum atomic E-state index is 5.55. The molecule has 6 N–H and O–H groups in total. The van der Waals surface area contributed by atoms with Crippen molar-refractivity contribution in [3.05, 3.63) is 30.0 Å². The molecular weight excluding hydrogens is 138 g/mol. The highest BCUT2D eigenvalue weighted by Crippen LogP contribution is 2.16. The van der Waals surface area contributed by atoms with Crippen LogP contribution in [0.15, 0.2) is 24.4 Å². The third-order valence-corrected chi connectivity index (χ3v) is 1.40. The van der Waals surface area contributed by atoms with E-state index in [1.807, 2.05) is 6.07 Å². The predicted molar refractivity (Wildman–Crippen MR) is 48.5 cm³/mol. The molecular formula is C8H11N3. The molecule has 0 aliphatic heterocycles. The molecule has 1 rings (SSSR count). The van der Waals surface area contributed by atoms with Crippen molar-refractivity contribution in [2.75, 3.05) is 11.5 Å². The molecule has 3 heteroatoms. The van der Waals surface area contributed by atoms with Gasteiger partial charge in [0.25, 0.3) is 0 Å². The molecule has 0 heterocycles. The molecule has 1 aromatic carbocycles. The van der Waals surface area contributed by atoms with Crippen LogP contribution in [0.4, 0.5) is 11.4 Å². The Labute approximate surface area is 65.5 Å². The molecule has 3 nitrogen and oxygen atoms in total. The van der Waals surface area contributed by atoms with Gasteiger partial charge in [-0.05, 0) is 30.0 Å². The van der Waals surface area contributed by atoms with Crippen LogP contribution >= 0.6 is 0 Å². The molecule has 0 spiro atoms. The number of nitrogens with two attached hydrogens (primary N) is 3. The average Bonchev–Trinajstić information content (AvgIpc) is 1.98. The monoisotopic (exact) mass is 149 g/mol. The fraction of sp³-hybridized carbons (Fsp3) is 0. The van der Waals surface area contributed by atoms with E-state index in [0.29, 0.717) is 11.4 Å². The van der Waals surface area contributed by atoms with Crippen LogP contribution in [0.1, 0.15) is 5.56 Å². The molecule has 0 aliphatic carbocycles. The van der Waals surface area contributed by atoms with E-state index < -0.39 is 0 Å². The highest BCUT2D eigenvalue weighted by Gasteiger charge is 1.92. The van der Waals surface area contributed by atoms with Crippen LogP contribution in [0.25, 0.3) is 6.08 Å². The van der Waals surface area contributed by atoms with Gasteiger partial charge in [0.15, 0.2) is 0 Å². The fourth-order valence-corrected chi connectivity index (χ4v) is 0.808. The van der Waals surface area contributed by atoms with Crippen molar-refractivity contribution in [3.8, 4) is 0 Å². The summed E-state index contributed by atoms with van der Waals surface area (Å²) in [5, 5.41) is 0. The largest absolute Gasteiger partial charge is 0.405 e. The van der Waals surface area contributed by atoms with Crippen molar-refractivity contribution >= 4 is 17.5 Å². The summed E-state index contributed by atoms with van der Waals surface area (Å²) in [5.41, 5.74) is 18.4. The Kier molecular flexibility index (Phi) is 2.01. The Morgan fingerprint density at radius 2 is 1.82 bits per heavy atom. The van der Waals surface area contributed by atoms with E-state index in [4.69, 9.17) is 17.2 Å². The van der Waals surface area contributed by atoms with Crippen molar-refractivity contribution in [3.63, 3.8) is 0 Å². The number of benzene rings is 1. The molecule has 0 amide bonds. The van der Waals surface area contributed by atoms with Gasteiger partial charge in [0, 0.05) is 0 Å². The van der Waals surface area contributed by atoms with E-state index in [9.17, 15) is 0 Å². The second-order valence-corrected chi connectivity index (χ2v) is 2.25. The molecule has 0 saturated heterocycles. The van der Waals surface area contributed by atoms with Crippen LogP contribution in [0.2, 0.25) is 0 Å². The molecule has 0 radical (unpaired) electrons. The zero-order valence-corrected chi connectivity index (χ0v) is 6.12. The Bertz CT molecular complexity index is 279. The normalized spacial score (nSPS) is 10.5. The van der Waals surface area contributed by atoms with E-state index in [-0.39, 0.29) is 0 Å². The molecule has 11 heavy (non-hydrogen) atoms. The number of hydrogen-bond acceptors (Lipinski definition) is 3. The van der Waals surface area contributed by atoms with Gasteiger partial charge in [0.2, 0.25) is 0 Å². The fourth-order valence-electron chi connectivity index (χ4n) is 0.808. The minimum Gasteiger partial charge on any atom is -0.405 e. The Morgan fingerprint density at radius 3 is 2.36 bits per heavy atom. The number of rotatable bonds is 1. The minimum atomic E-state index is 0.584. The molecule has 0 atom stereocenters. The lowest BCUT2D eigenvalue weighted by atomic mass is 10.2. The maximum Gasteiger partial charge on any atom is 0.0553 e. The van der Waals surface area contributed by atoms with Gasteiger partial charge < -0.3 is 17.2 Å². The molecule has 58 valence electrons. The smallest absolute Gasteiger partial charge is 0.0553 e. The molecule has 1 aromatic rings. The van der Waals surface area contributed by atoms with E-state index >= 15 is 0 Å². The molecule has 0 aromatic heterocycles. The van der Waals surface area contributed by atoms with E-state index in [1.165, 1.54) is 6.20 Å². The van der Waals surface area contributed by atoms with Gasteiger partial charge >= 0.3 is 0 Å². The summed E-state index contributed by atoms with van der Waals surface area (Å²) >= 11 is 0. The molecule has 0 saturated carbocycles. The average molecular weight is 149 g/mol. The lowest BCUT2D eigenvalue weighted by Gasteiger charge is -1.99. The Hall–Kier alpha value is -1.64. The second-order valence-electron chi connectivity index (χ2n) is 2.25. The lowest BCUT2D eigenvalue weighted by Crippen LogP contribution is -1.94. The van der Waals surface area contributed by atoms with Crippen molar-refractivity contribution in [1.82, 2.24) is 0 Å². The lowest BCUT2D eigenvalue weighted by molar-refractivity contribution is 1.59. The summed E-state index contributed by atoms with van der Waals surface area (Å²) in [6, 6.07) is 5.39. The summed E-state index contributed by atoms with van der Waals surface area (Å²) in [5.74, 6) is 0. The van der Waals surface area contributed by atoms with Crippen LogP contribution in [0, 0.1) is 0 Å². The van der Waals surface area contributed by atoms with Crippen molar-refractivity contribution in [1.29, 1.82) is 0 Å². The van der Waals surface area contributed by atoms with Crippen LogP contribution in [-0.4, -0.2) is 0 Å². The van der Waals surface area contributed by atoms with Gasteiger partial charge in [-0.1, -0.05) is 6.07 Å². The zero-order chi connectivity index (χ0) is 8.27. The summed E-state index contributed by atoms with van der Waals surface area (Å²) in [6.45, 7) is 0. The van der Waals surface area contributed by atoms with Gasteiger partial charge in [-0.3, -0.25) is 0 Å². The highest BCUT2D eigenvalue weighted by molar-refractivity contribution is 5.68. The third-order valence-electron chi connectivity index (χ3n) is 1.40. The maximum absolute atomic E-state index is 5.55. The molecule has 0 unspecified atom stereocenters. The van der Waals surface area contributed by atoms with Gasteiger partial charge in [-0.15, -0.1) is 0 Å². The van der Waals surface area contributed by atoms with Gasteiger partial charge in [0.05, 0.1) is 11.4 Å². The summed E-state index contributed by atoms with van der Waals surface area (Å²) < 4.78 is 0. The van der Waals surface area contributed by atoms with Gasteiger partial charge in [-0.25, -0.2) is 0 Å². The number of hydrogen-bond donors (Lipinski definition) is 3. The SMILES string of the molecule is NC=Cc1ccc(N)c(N)c1. The minimum absolute atomic E-state index is 0.584. The Morgan fingerprint density at radius 1 is 1.09 bits per heavy atom. The first-order valence-corrected chi connectivity index (χ1v) is 3.27. The van der Waals surface area contributed by atoms with E-state index in [1.54, 1.807) is 18.2 Å².